The molecule has 0 amide bonds. The van der Waals surface area contributed by atoms with E-state index >= 15 is 0 Å². The maximum atomic E-state index is 12.8. The molecule has 1 aliphatic carbocycles. The van der Waals surface area contributed by atoms with E-state index < -0.39 is 20.9 Å². The molecule has 0 heterocycles. The standard InChI is InChI=1S/C17H15ClO5S/c1-22-14-7-10-8-16(17(19)13(10)9-15(14)23-2)24(20,21)12-5-3-11(18)4-6-12/h3-7,9,16H,8H2,1-2H3/t16-/m1/s1. The minimum absolute atomic E-state index is 0.0805. The first-order valence-electron chi connectivity index (χ1n) is 7.17. The van der Waals surface area contributed by atoms with Crippen molar-refractivity contribution in [3.05, 3.63) is 52.5 Å². The third-order valence-corrected chi connectivity index (χ3v) is 6.40. The molecule has 0 bridgehead atoms. The second-order valence-corrected chi connectivity index (χ2v) is 7.99. The normalized spacial score (nSPS) is 16.8. The number of ketones is 1. The van der Waals surface area contributed by atoms with E-state index in [4.69, 9.17) is 21.1 Å². The monoisotopic (exact) mass is 366 g/mol. The number of carbonyl (C=O) groups excluding carboxylic acids is 1. The number of hydrogen-bond acceptors (Lipinski definition) is 5. The largest absolute Gasteiger partial charge is 0.493 e. The van der Waals surface area contributed by atoms with Crippen LogP contribution >= 0.6 is 11.6 Å². The van der Waals surface area contributed by atoms with Crippen molar-refractivity contribution in [3.63, 3.8) is 0 Å². The molecule has 1 aliphatic rings. The van der Waals surface area contributed by atoms with Crippen LogP contribution in [0.2, 0.25) is 5.02 Å². The Labute approximate surface area is 145 Å². The smallest absolute Gasteiger partial charge is 0.189 e. The van der Waals surface area contributed by atoms with Gasteiger partial charge in [-0.1, -0.05) is 11.6 Å². The molecule has 0 spiro atoms. The second kappa shape index (κ2) is 6.11. The molecule has 0 radical (unpaired) electrons. The summed E-state index contributed by atoms with van der Waals surface area (Å²) in [5.74, 6) is 0.434. The number of hydrogen-bond donors (Lipinski definition) is 0. The second-order valence-electron chi connectivity index (χ2n) is 5.42. The lowest BCUT2D eigenvalue weighted by molar-refractivity contribution is 0.0997. The van der Waals surface area contributed by atoms with Crippen LogP contribution in [-0.4, -0.2) is 33.7 Å². The van der Waals surface area contributed by atoms with Crippen LogP contribution in [0.1, 0.15) is 15.9 Å². The zero-order chi connectivity index (χ0) is 17.5. The fourth-order valence-corrected chi connectivity index (χ4v) is 4.60. The number of sulfone groups is 1. The molecule has 7 heteroatoms. The number of halogens is 1. The van der Waals surface area contributed by atoms with Gasteiger partial charge in [-0.25, -0.2) is 8.42 Å². The molecular weight excluding hydrogens is 352 g/mol. The van der Waals surface area contributed by atoms with Gasteiger partial charge in [0.1, 0.15) is 5.25 Å². The Morgan fingerprint density at radius 2 is 1.62 bits per heavy atom. The van der Waals surface area contributed by atoms with E-state index in [9.17, 15) is 13.2 Å². The van der Waals surface area contributed by atoms with Crippen LogP contribution in [0.3, 0.4) is 0 Å². The quantitative estimate of drug-likeness (QED) is 0.832. The van der Waals surface area contributed by atoms with E-state index in [-0.39, 0.29) is 11.3 Å². The summed E-state index contributed by atoms with van der Waals surface area (Å²) in [4.78, 5) is 12.7. The van der Waals surface area contributed by atoms with Crippen LogP contribution in [0, 0.1) is 0 Å². The first-order chi connectivity index (χ1) is 11.4. The molecule has 2 aromatic carbocycles. The summed E-state index contributed by atoms with van der Waals surface area (Å²) < 4.78 is 36.0. The molecule has 24 heavy (non-hydrogen) atoms. The summed E-state index contributed by atoms with van der Waals surface area (Å²) in [6.45, 7) is 0. The number of methoxy groups -OCH3 is 2. The Kier molecular flexibility index (Phi) is 4.27. The first-order valence-corrected chi connectivity index (χ1v) is 9.09. The average Bonchev–Trinajstić information content (AvgIpc) is 2.90. The van der Waals surface area contributed by atoms with E-state index in [1.165, 1.54) is 44.6 Å². The van der Waals surface area contributed by atoms with Gasteiger partial charge < -0.3 is 9.47 Å². The summed E-state index contributed by atoms with van der Waals surface area (Å²) in [7, 11) is -0.848. The number of rotatable bonds is 4. The Morgan fingerprint density at radius 3 is 2.21 bits per heavy atom. The van der Waals surface area contributed by atoms with Gasteiger partial charge in [0, 0.05) is 10.6 Å². The predicted molar refractivity (Wildman–Crippen MR) is 90.0 cm³/mol. The lowest BCUT2D eigenvalue weighted by Gasteiger charge is -2.10. The molecule has 126 valence electrons. The van der Waals surface area contributed by atoms with E-state index in [1.54, 1.807) is 6.07 Å². The molecule has 0 unspecified atom stereocenters. The zero-order valence-corrected chi connectivity index (χ0v) is 14.6. The first kappa shape index (κ1) is 16.8. The molecule has 0 saturated carbocycles. The van der Waals surface area contributed by atoms with Crippen LogP contribution in [0.25, 0.3) is 0 Å². The van der Waals surface area contributed by atoms with Crippen molar-refractivity contribution in [3.8, 4) is 11.5 Å². The SMILES string of the molecule is COc1cc2c(cc1OC)C(=O)[C@H](S(=O)(=O)c1ccc(Cl)cc1)C2. The predicted octanol–water partition coefficient (Wildman–Crippen LogP) is 2.94. The number of ether oxygens (including phenoxy) is 2. The number of Topliss-reactive ketones (excluding diaryl/α,β-unsaturated/α-hetero) is 1. The fraction of sp³-hybridized carbons (Fsp3) is 0.235. The summed E-state index contributed by atoms with van der Waals surface area (Å²) in [5, 5.41) is -0.713. The lowest BCUT2D eigenvalue weighted by atomic mass is 10.1. The molecule has 0 aliphatic heterocycles. The van der Waals surface area contributed by atoms with E-state index in [1.807, 2.05) is 0 Å². The van der Waals surface area contributed by atoms with E-state index in [2.05, 4.69) is 0 Å². The highest BCUT2D eigenvalue weighted by atomic mass is 35.5. The van der Waals surface area contributed by atoms with Gasteiger partial charge in [0.05, 0.1) is 19.1 Å². The lowest BCUT2D eigenvalue weighted by Crippen LogP contribution is -2.27. The Balaban J connectivity index is 2.03. The highest BCUT2D eigenvalue weighted by molar-refractivity contribution is 7.92. The highest BCUT2D eigenvalue weighted by Gasteiger charge is 2.41. The van der Waals surface area contributed by atoms with Crippen molar-refractivity contribution in [1.29, 1.82) is 0 Å². The van der Waals surface area contributed by atoms with Crippen LogP contribution in [0.15, 0.2) is 41.3 Å². The summed E-state index contributed by atoms with van der Waals surface area (Å²) in [5.41, 5.74) is 0.996. The maximum absolute atomic E-state index is 12.8. The van der Waals surface area contributed by atoms with Crippen LogP contribution in [-0.2, 0) is 16.3 Å². The Morgan fingerprint density at radius 1 is 1.04 bits per heavy atom. The van der Waals surface area contributed by atoms with Crippen molar-refractivity contribution >= 4 is 27.2 Å². The van der Waals surface area contributed by atoms with Gasteiger partial charge in [-0.2, -0.15) is 0 Å². The molecule has 2 aromatic rings. The summed E-state index contributed by atoms with van der Waals surface area (Å²) >= 11 is 5.80. The molecular formula is C17H15ClO5S. The fourth-order valence-electron chi connectivity index (χ4n) is 2.82. The van der Waals surface area contributed by atoms with Crippen LogP contribution in [0.5, 0.6) is 11.5 Å². The molecule has 5 nitrogen and oxygen atoms in total. The zero-order valence-electron chi connectivity index (χ0n) is 13.1. The topological polar surface area (TPSA) is 69.7 Å². The molecule has 3 rings (SSSR count). The molecule has 0 fully saturated rings. The Hall–Kier alpha value is -2.05. The van der Waals surface area contributed by atoms with Crippen LogP contribution < -0.4 is 9.47 Å². The van der Waals surface area contributed by atoms with Gasteiger partial charge in [-0.15, -0.1) is 0 Å². The molecule has 1 atom stereocenters. The number of benzene rings is 2. The third kappa shape index (κ3) is 2.65. The highest BCUT2D eigenvalue weighted by Crippen LogP contribution is 2.37. The van der Waals surface area contributed by atoms with Gasteiger partial charge in [0.2, 0.25) is 0 Å². The number of fused-ring (bicyclic) bond motifs is 1. The van der Waals surface area contributed by atoms with Gasteiger partial charge >= 0.3 is 0 Å². The van der Waals surface area contributed by atoms with Crippen molar-refractivity contribution in [1.82, 2.24) is 0 Å². The number of carbonyl (C=O) groups is 1. The van der Waals surface area contributed by atoms with Gasteiger partial charge in [-0.3, -0.25) is 4.79 Å². The van der Waals surface area contributed by atoms with Gasteiger partial charge in [-0.05, 0) is 48.4 Å². The average molecular weight is 367 g/mol. The molecule has 0 saturated heterocycles. The van der Waals surface area contributed by atoms with Crippen molar-refractivity contribution in [2.75, 3.05) is 14.2 Å². The minimum Gasteiger partial charge on any atom is -0.493 e. The maximum Gasteiger partial charge on any atom is 0.189 e. The Bertz CT molecular complexity index is 903. The third-order valence-electron chi connectivity index (χ3n) is 4.09. The molecule has 0 N–H and O–H groups in total. The minimum atomic E-state index is -3.80. The van der Waals surface area contributed by atoms with Crippen molar-refractivity contribution in [2.45, 2.75) is 16.6 Å². The summed E-state index contributed by atoms with van der Waals surface area (Å²) in [6.07, 6.45) is 0.111. The van der Waals surface area contributed by atoms with E-state index in [0.717, 1.165) is 0 Å². The van der Waals surface area contributed by atoms with E-state index in [0.29, 0.717) is 27.6 Å². The van der Waals surface area contributed by atoms with Crippen molar-refractivity contribution < 1.29 is 22.7 Å². The van der Waals surface area contributed by atoms with Crippen LogP contribution in [0.4, 0.5) is 0 Å². The van der Waals surface area contributed by atoms with Crippen molar-refractivity contribution in [2.24, 2.45) is 0 Å². The van der Waals surface area contributed by atoms with Gasteiger partial charge in [0.15, 0.2) is 27.1 Å². The van der Waals surface area contributed by atoms with Gasteiger partial charge in [0.25, 0.3) is 0 Å². The summed E-state index contributed by atoms with van der Waals surface area (Å²) in [6, 6.07) is 9.00. The molecule has 0 aromatic heterocycles.